The molecule has 304 valence electrons. The van der Waals surface area contributed by atoms with Crippen LogP contribution in [0.5, 0.6) is 0 Å². The van der Waals surface area contributed by atoms with Crippen molar-refractivity contribution in [2.45, 2.75) is 63.3 Å². The molecular formula is C43H48N12O3S. The van der Waals surface area contributed by atoms with Gasteiger partial charge >= 0.3 is 0 Å². The number of aromatic nitrogens is 6. The number of carbonyl (C=O) groups excluding carboxylic acids is 2. The third-order valence-corrected chi connectivity index (χ3v) is 14.1. The first-order valence-electron chi connectivity index (χ1n) is 21.0. The van der Waals surface area contributed by atoms with Crippen molar-refractivity contribution in [3.8, 4) is 28.0 Å². The summed E-state index contributed by atoms with van der Waals surface area (Å²) in [6.07, 6.45) is 12.8. The molecule has 0 aromatic carbocycles. The van der Waals surface area contributed by atoms with Crippen molar-refractivity contribution in [2.24, 2.45) is 11.3 Å². The molecule has 10 rings (SSSR count). The van der Waals surface area contributed by atoms with Crippen LogP contribution in [-0.2, 0) is 14.3 Å². The minimum Gasteiger partial charge on any atom is -0.381 e. The van der Waals surface area contributed by atoms with E-state index in [0.717, 1.165) is 134 Å². The molecule has 15 nitrogen and oxygen atoms in total. The lowest BCUT2D eigenvalue weighted by molar-refractivity contribution is -0.134. The van der Waals surface area contributed by atoms with Crippen LogP contribution in [0.25, 0.3) is 27.5 Å². The second kappa shape index (κ2) is 15.9. The highest BCUT2D eigenvalue weighted by atomic mass is 32.1. The normalized spacial score (nSPS) is 21.7. The molecule has 0 unspecified atom stereocenters. The molecule has 1 spiro atoms. The van der Waals surface area contributed by atoms with Gasteiger partial charge in [-0.2, -0.15) is 10.4 Å². The van der Waals surface area contributed by atoms with E-state index in [2.05, 4.69) is 42.6 Å². The van der Waals surface area contributed by atoms with E-state index >= 15 is 0 Å². The molecule has 16 heteroatoms. The molecule has 0 aliphatic carbocycles. The summed E-state index contributed by atoms with van der Waals surface area (Å²) in [7, 11) is 0. The van der Waals surface area contributed by atoms with Crippen molar-refractivity contribution < 1.29 is 14.3 Å². The van der Waals surface area contributed by atoms with Gasteiger partial charge in [-0.1, -0.05) is 17.4 Å². The van der Waals surface area contributed by atoms with E-state index in [9.17, 15) is 14.9 Å². The number of nitrogens with one attached hydrogen (secondary N) is 2. The predicted octanol–water partition coefficient (Wildman–Crippen LogP) is 5.11. The Hall–Kier alpha value is -5.50. The number of piperidine rings is 3. The van der Waals surface area contributed by atoms with Gasteiger partial charge in [0, 0.05) is 81.9 Å². The Morgan fingerprint density at radius 1 is 0.915 bits per heavy atom. The first-order chi connectivity index (χ1) is 28.9. The number of nitriles is 1. The van der Waals surface area contributed by atoms with Crippen LogP contribution in [0.2, 0.25) is 0 Å². The Morgan fingerprint density at radius 3 is 2.51 bits per heavy atom. The molecule has 5 aliphatic heterocycles. The van der Waals surface area contributed by atoms with Gasteiger partial charge in [0.05, 0.1) is 40.1 Å². The highest BCUT2D eigenvalue weighted by molar-refractivity contribution is 7.18. The Bertz CT molecular complexity index is 2380. The van der Waals surface area contributed by atoms with Crippen molar-refractivity contribution in [3.05, 3.63) is 66.1 Å². The SMILES string of the molecule is N#Cc1cnn2c(-c3cc(NC4CCOCC4)c(-c4nnc(N5CC6(CCN(CC7CCN(c8ccc([C@H]9CCC(=O)NC9=O)cn8)CC7)CC6)C5)s4)cn3)ccc2c1. The maximum atomic E-state index is 12.3. The monoisotopic (exact) mass is 812 g/mol. The molecule has 2 amide bonds. The van der Waals surface area contributed by atoms with E-state index in [4.69, 9.17) is 24.9 Å². The number of carbonyl (C=O) groups is 2. The van der Waals surface area contributed by atoms with E-state index in [1.165, 1.54) is 12.8 Å². The first-order valence-corrected chi connectivity index (χ1v) is 21.8. The molecule has 59 heavy (non-hydrogen) atoms. The minimum absolute atomic E-state index is 0.192. The van der Waals surface area contributed by atoms with Gasteiger partial charge in [-0.25, -0.2) is 9.50 Å². The molecule has 5 aliphatic rings. The number of hydrogen-bond acceptors (Lipinski definition) is 14. The predicted molar refractivity (Wildman–Crippen MR) is 224 cm³/mol. The van der Waals surface area contributed by atoms with E-state index in [0.29, 0.717) is 29.7 Å². The van der Waals surface area contributed by atoms with Crippen molar-refractivity contribution in [1.82, 2.24) is 40.0 Å². The summed E-state index contributed by atoms with van der Waals surface area (Å²) < 4.78 is 7.47. The van der Waals surface area contributed by atoms with Crippen LogP contribution in [0.15, 0.2) is 55.0 Å². The van der Waals surface area contributed by atoms with Gasteiger partial charge in [0.1, 0.15) is 11.9 Å². The van der Waals surface area contributed by atoms with Crippen LogP contribution >= 0.6 is 11.3 Å². The van der Waals surface area contributed by atoms with E-state index < -0.39 is 0 Å². The number of amides is 2. The lowest BCUT2D eigenvalue weighted by Gasteiger charge is -2.54. The van der Waals surface area contributed by atoms with Crippen LogP contribution in [0.4, 0.5) is 16.6 Å². The smallest absolute Gasteiger partial charge is 0.234 e. The maximum absolute atomic E-state index is 12.3. The number of hydrogen-bond donors (Lipinski definition) is 2. The highest BCUT2D eigenvalue weighted by Crippen LogP contribution is 2.45. The molecule has 10 heterocycles. The summed E-state index contributed by atoms with van der Waals surface area (Å²) in [4.78, 5) is 40.9. The summed E-state index contributed by atoms with van der Waals surface area (Å²) >= 11 is 1.64. The highest BCUT2D eigenvalue weighted by Gasteiger charge is 2.46. The Labute approximate surface area is 346 Å². The van der Waals surface area contributed by atoms with E-state index in [-0.39, 0.29) is 23.8 Å². The fourth-order valence-corrected chi connectivity index (χ4v) is 10.5. The third kappa shape index (κ3) is 7.74. The zero-order valence-corrected chi connectivity index (χ0v) is 33.9. The fourth-order valence-electron chi connectivity index (χ4n) is 9.59. The summed E-state index contributed by atoms with van der Waals surface area (Å²) in [5, 5.41) is 31.3. The third-order valence-electron chi connectivity index (χ3n) is 13.1. The molecule has 5 saturated heterocycles. The van der Waals surface area contributed by atoms with Crippen LogP contribution in [0.3, 0.4) is 0 Å². The maximum Gasteiger partial charge on any atom is 0.234 e. The lowest BCUT2D eigenvalue weighted by Crippen LogP contribution is -2.60. The first kappa shape index (κ1) is 37.7. The van der Waals surface area contributed by atoms with Crippen molar-refractivity contribution in [1.29, 1.82) is 5.26 Å². The van der Waals surface area contributed by atoms with Crippen LogP contribution in [-0.4, -0.2) is 112 Å². The molecule has 5 aromatic heterocycles. The van der Waals surface area contributed by atoms with Crippen LogP contribution in [0, 0.1) is 22.7 Å². The number of pyridine rings is 2. The topological polar surface area (TPSA) is 170 Å². The summed E-state index contributed by atoms with van der Waals surface area (Å²) in [6.45, 7) is 8.95. The summed E-state index contributed by atoms with van der Waals surface area (Å²) in [5.41, 5.74) is 6.16. The lowest BCUT2D eigenvalue weighted by atomic mass is 9.72. The van der Waals surface area contributed by atoms with Gasteiger partial charge in [-0.05, 0) is 99.8 Å². The molecule has 5 fully saturated rings. The summed E-state index contributed by atoms with van der Waals surface area (Å²) in [5.74, 6) is 0.948. The number of nitrogens with zero attached hydrogens (tertiary/aromatic N) is 10. The molecular weight excluding hydrogens is 765 g/mol. The molecule has 5 aromatic rings. The number of likely N-dealkylation sites (tertiary alicyclic amines) is 1. The Balaban J connectivity index is 0.732. The van der Waals surface area contributed by atoms with Gasteiger partial charge in [0.2, 0.25) is 16.9 Å². The number of ether oxygens (including phenoxy) is 1. The quantitative estimate of drug-likeness (QED) is 0.189. The average Bonchev–Trinajstić information content (AvgIpc) is 3.92. The zero-order valence-electron chi connectivity index (χ0n) is 33.1. The van der Waals surface area contributed by atoms with Gasteiger partial charge in [-0.15, -0.1) is 10.2 Å². The molecule has 1 atom stereocenters. The molecule has 0 radical (unpaired) electrons. The number of rotatable bonds is 9. The van der Waals surface area contributed by atoms with Crippen LogP contribution < -0.4 is 20.4 Å². The van der Waals surface area contributed by atoms with E-state index in [1.54, 1.807) is 17.5 Å². The minimum atomic E-state index is -0.297. The summed E-state index contributed by atoms with van der Waals surface area (Å²) in [6, 6.07) is 14.4. The number of imide groups is 1. The molecule has 0 saturated carbocycles. The Morgan fingerprint density at radius 2 is 1.75 bits per heavy atom. The standard InChI is InChI=1S/C43H48N12O3S/c44-21-29-19-32-2-4-37(55(32)47-22-29)36-20-35(48-31-9-17-58-18-10-31)34(24-45-36)41-50-51-42(59-41)54-26-43(27-54)11-15-52(16-12-43)25-28-7-13-53(14-8-28)38-5-1-30(23-46-38)33-3-6-39(56)49-40(33)57/h1-2,4-5,19-20,22-24,28,31,33H,3,6-18,25-27H2,(H,45,48)(H,49,56,57)/t33-/m1/s1. The van der Waals surface area contributed by atoms with Crippen molar-refractivity contribution >= 4 is 45.3 Å². The van der Waals surface area contributed by atoms with Crippen molar-refractivity contribution in [3.63, 3.8) is 0 Å². The zero-order chi connectivity index (χ0) is 39.9. The number of anilines is 3. The van der Waals surface area contributed by atoms with Crippen LogP contribution in [0.1, 0.15) is 68.4 Å². The number of fused-ring (bicyclic) bond motifs is 1. The van der Waals surface area contributed by atoms with Crippen molar-refractivity contribution in [2.75, 3.05) is 74.1 Å². The second-order valence-corrected chi connectivity index (χ2v) is 17.9. The second-order valence-electron chi connectivity index (χ2n) is 17.0. The van der Waals surface area contributed by atoms with E-state index in [1.807, 2.05) is 47.2 Å². The molecule has 0 bridgehead atoms. The Kier molecular flexibility index (Phi) is 10.2. The van der Waals surface area contributed by atoms with Gasteiger partial charge in [-0.3, -0.25) is 19.9 Å². The molecule has 2 N–H and O–H groups in total. The van der Waals surface area contributed by atoms with Gasteiger partial charge in [0.25, 0.3) is 0 Å². The largest absolute Gasteiger partial charge is 0.381 e. The van der Waals surface area contributed by atoms with Gasteiger partial charge < -0.3 is 24.8 Å². The van der Waals surface area contributed by atoms with Gasteiger partial charge in [0.15, 0.2) is 5.01 Å². The fraction of sp³-hybridized carbons (Fsp3) is 0.488. The average molecular weight is 813 g/mol.